The Morgan fingerprint density at radius 3 is 2.37 bits per heavy atom. The number of hydrogen-bond acceptors (Lipinski definition) is 4. The van der Waals surface area contributed by atoms with Crippen LogP contribution in [0.15, 0.2) is 54.9 Å². The Kier molecular flexibility index (Phi) is 5.08. The molecule has 4 rings (SSSR count). The van der Waals surface area contributed by atoms with Crippen LogP contribution in [0.4, 0.5) is 5.82 Å². The first-order valence-corrected chi connectivity index (χ1v) is 9.76. The van der Waals surface area contributed by atoms with E-state index in [0.717, 1.165) is 40.8 Å². The fourth-order valence-electron chi connectivity index (χ4n) is 3.84. The number of nitrogens with zero attached hydrogens (tertiary/aromatic N) is 4. The number of pyridine rings is 1. The molecule has 1 aliphatic rings. The van der Waals surface area contributed by atoms with E-state index in [1.165, 1.54) is 6.42 Å². The normalized spacial score (nSPS) is 19.9. The van der Waals surface area contributed by atoms with Crippen LogP contribution in [-0.4, -0.2) is 28.0 Å². The first kappa shape index (κ1) is 17.9. The predicted molar refractivity (Wildman–Crippen MR) is 111 cm³/mol. The van der Waals surface area contributed by atoms with Crippen molar-refractivity contribution in [3.05, 3.63) is 59.9 Å². The monoisotopic (exact) mass is 378 g/mol. The molecule has 27 heavy (non-hydrogen) atoms. The minimum atomic E-state index is 0.657. The number of piperidine rings is 1. The molecular formula is C22H23ClN4. The lowest BCUT2D eigenvalue weighted by Gasteiger charge is -2.36. The molecule has 1 saturated heterocycles. The zero-order valence-electron chi connectivity index (χ0n) is 15.6. The highest BCUT2D eigenvalue weighted by Gasteiger charge is 2.24. The van der Waals surface area contributed by atoms with Crippen molar-refractivity contribution >= 4 is 17.4 Å². The van der Waals surface area contributed by atoms with Crippen molar-refractivity contribution in [1.29, 1.82) is 0 Å². The van der Waals surface area contributed by atoms with E-state index in [4.69, 9.17) is 21.6 Å². The summed E-state index contributed by atoms with van der Waals surface area (Å²) in [5.74, 6) is 3.00. The summed E-state index contributed by atoms with van der Waals surface area (Å²) in [6.45, 7) is 6.67. The van der Waals surface area contributed by atoms with Gasteiger partial charge in [0.1, 0.15) is 5.82 Å². The maximum absolute atomic E-state index is 6.06. The maximum Gasteiger partial charge on any atom is 0.163 e. The van der Waals surface area contributed by atoms with Crippen molar-refractivity contribution in [2.45, 2.75) is 20.3 Å². The van der Waals surface area contributed by atoms with Gasteiger partial charge in [-0.05, 0) is 42.5 Å². The number of halogens is 1. The van der Waals surface area contributed by atoms with Crippen LogP contribution in [0.5, 0.6) is 0 Å². The van der Waals surface area contributed by atoms with Crippen LogP contribution >= 0.6 is 11.6 Å². The molecule has 138 valence electrons. The Labute approximate surface area is 165 Å². The highest BCUT2D eigenvalue weighted by atomic mass is 35.5. The van der Waals surface area contributed by atoms with Gasteiger partial charge in [-0.15, -0.1) is 0 Å². The number of anilines is 1. The Morgan fingerprint density at radius 1 is 0.963 bits per heavy atom. The van der Waals surface area contributed by atoms with Crippen molar-refractivity contribution in [1.82, 2.24) is 15.0 Å². The highest BCUT2D eigenvalue weighted by Crippen LogP contribution is 2.30. The second kappa shape index (κ2) is 7.65. The van der Waals surface area contributed by atoms with E-state index in [1.807, 2.05) is 42.6 Å². The van der Waals surface area contributed by atoms with Crippen molar-refractivity contribution in [3.8, 4) is 22.6 Å². The lowest BCUT2D eigenvalue weighted by Crippen LogP contribution is -2.39. The van der Waals surface area contributed by atoms with Crippen LogP contribution in [0.1, 0.15) is 20.3 Å². The Bertz CT molecular complexity index is 901. The van der Waals surface area contributed by atoms with Gasteiger partial charge in [-0.25, -0.2) is 9.97 Å². The van der Waals surface area contributed by atoms with E-state index in [9.17, 15) is 0 Å². The zero-order chi connectivity index (χ0) is 18.8. The molecule has 2 atom stereocenters. The molecule has 3 heterocycles. The van der Waals surface area contributed by atoms with Crippen LogP contribution in [-0.2, 0) is 0 Å². The van der Waals surface area contributed by atoms with Crippen LogP contribution in [0.25, 0.3) is 22.6 Å². The van der Waals surface area contributed by atoms with Gasteiger partial charge in [0.05, 0.1) is 5.69 Å². The van der Waals surface area contributed by atoms with Gasteiger partial charge in [0.15, 0.2) is 5.82 Å². The van der Waals surface area contributed by atoms with E-state index in [0.29, 0.717) is 17.7 Å². The summed E-state index contributed by atoms with van der Waals surface area (Å²) in [4.78, 5) is 16.3. The minimum Gasteiger partial charge on any atom is -0.356 e. The largest absolute Gasteiger partial charge is 0.356 e. The molecule has 0 saturated carbocycles. The summed E-state index contributed by atoms with van der Waals surface area (Å²) >= 11 is 6.06. The van der Waals surface area contributed by atoms with Gasteiger partial charge in [0.25, 0.3) is 0 Å². The summed E-state index contributed by atoms with van der Waals surface area (Å²) in [7, 11) is 0. The van der Waals surface area contributed by atoms with E-state index in [-0.39, 0.29) is 0 Å². The number of benzene rings is 1. The van der Waals surface area contributed by atoms with Crippen LogP contribution < -0.4 is 4.90 Å². The summed E-state index contributed by atoms with van der Waals surface area (Å²) < 4.78 is 0. The quantitative estimate of drug-likeness (QED) is 0.616. The number of rotatable bonds is 3. The van der Waals surface area contributed by atoms with Crippen LogP contribution in [0.3, 0.4) is 0 Å². The fourth-order valence-corrected chi connectivity index (χ4v) is 3.97. The molecule has 0 spiro atoms. The van der Waals surface area contributed by atoms with Crippen molar-refractivity contribution in [3.63, 3.8) is 0 Å². The Balaban J connectivity index is 1.80. The van der Waals surface area contributed by atoms with Crippen LogP contribution in [0, 0.1) is 11.8 Å². The average Bonchev–Trinajstić information content (AvgIpc) is 2.68. The number of aromatic nitrogens is 3. The Morgan fingerprint density at radius 2 is 1.70 bits per heavy atom. The van der Waals surface area contributed by atoms with Gasteiger partial charge in [0, 0.05) is 47.7 Å². The van der Waals surface area contributed by atoms with E-state index >= 15 is 0 Å². The molecule has 0 radical (unpaired) electrons. The fraction of sp³-hybridized carbons (Fsp3) is 0.318. The first-order valence-electron chi connectivity index (χ1n) is 9.39. The third-order valence-electron chi connectivity index (χ3n) is 4.97. The second-order valence-corrected chi connectivity index (χ2v) is 7.97. The zero-order valence-corrected chi connectivity index (χ0v) is 16.4. The minimum absolute atomic E-state index is 0.657. The third-order valence-corrected chi connectivity index (χ3v) is 5.22. The molecule has 0 bridgehead atoms. The van der Waals surface area contributed by atoms with Gasteiger partial charge in [0.2, 0.25) is 0 Å². The molecule has 3 aromatic rings. The topological polar surface area (TPSA) is 41.9 Å². The first-order chi connectivity index (χ1) is 13.1. The van der Waals surface area contributed by atoms with Crippen molar-refractivity contribution in [2.75, 3.05) is 18.0 Å². The standard InChI is InChI=1S/C22H23ClN4/c1-15-10-16(2)14-27(13-15)21-11-20(17-5-7-19(23)8-6-17)25-22(26-21)18-4-3-9-24-12-18/h3-9,11-12,15-16H,10,13-14H2,1-2H3. The average molecular weight is 379 g/mol. The molecule has 5 heteroatoms. The van der Waals surface area contributed by atoms with E-state index in [1.54, 1.807) is 6.20 Å². The summed E-state index contributed by atoms with van der Waals surface area (Å²) in [5.41, 5.74) is 2.86. The highest BCUT2D eigenvalue weighted by molar-refractivity contribution is 6.30. The van der Waals surface area contributed by atoms with Gasteiger partial charge in [-0.2, -0.15) is 0 Å². The molecule has 0 N–H and O–H groups in total. The molecule has 4 nitrogen and oxygen atoms in total. The van der Waals surface area contributed by atoms with Gasteiger partial charge < -0.3 is 4.90 Å². The second-order valence-electron chi connectivity index (χ2n) is 7.53. The maximum atomic E-state index is 6.06. The number of hydrogen-bond donors (Lipinski definition) is 0. The molecule has 2 unspecified atom stereocenters. The van der Waals surface area contributed by atoms with Gasteiger partial charge >= 0.3 is 0 Å². The summed E-state index contributed by atoms with van der Waals surface area (Å²) in [6, 6.07) is 13.8. The lowest BCUT2D eigenvalue weighted by molar-refractivity contribution is 0.355. The van der Waals surface area contributed by atoms with Crippen molar-refractivity contribution in [2.24, 2.45) is 11.8 Å². The molecule has 0 amide bonds. The van der Waals surface area contributed by atoms with E-state index in [2.05, 4.69) is 29.8 Å². The van der Waals surface area contributed by atoms with Gasteiger partial charge in [-0.3, -0.25) is 4.98 Å². The smallest absolute Gasteiger partial charge is 0.163 e. The molecule has 1 aliphatic heterocycles. The van der Waals surface area contributed by atoms with Crippen LogP contribution in [0.2, 0.25) is 5.02 Å². The molecule has 1 fully saturated rings. The molecular weight excluding hydrogens is 356 g/mol. The predicted octanol–water partition coefficient (Wildman–Crippen LogP) is 5.34. The lowest BCUT2D eigenvalue weighted by atomic mass is 9.92. The summed E-state index contributed by atoms with van der Waals surface area (Å²) in [5, 5.41) is 0.721. The Hall–Kier alpha value is -2.46. The SMILES string of the molecule is CC1CC(C)CN(c2cc(-c3ccc(Cl)cc3)nc(-c3cccnc3)n2)C1. The van der Waals surface area contributed by atoms with E-state index < -0.39 is 0 Å². The third kappa shape index (κ3) is 4.11. The molecule has 0 aliphatic carbocycles. The van der Waals surface area contributed by atoms with Gasteiger partial charge in [-0.1, -0.05) is 37.6 Å². The summed E-state index contributed by atoms with van der Waals surface area (Å²) in [6.07, 6.45) is 4.84. The molecule has 2 aromatic heterocycles. The van der Waals surface area contributed by atoms with Crippen molar-refractivity contribution < 1.29 is 0 Å². The molecule has 1 aromatic carbocycles.